The van der Waals surface area contributed by atoms with Crippen LogP contribution in [0.4, 0.5) is 4.39 Å². The van der Waals surface area contributed by atoms with E-state index >= 15 is 0 Å². The summed E-state index contributed by atoms with van der Waals surface area (Å²) in [6, 6.07) is 7.14. The van der Waals surface area contributed by atoms with Gasteiger partial charge in [0, 0.05) is 17.7 Å². The molecule has 1 N–H and O–H groups in total. The third-order valence-electron chi connectivity index (χ3n) is 5.10. The van der Waals surface area contributed by atoms with E-state index in [0.29, 0.717) is 6.54 Å². The average molecular weight is 340 g/mol. The van der Waals surface area contributed by atoms with Crippen molar-refractivity contribution in [2.45, 2.75) is 39.3 Å². The summed E-state index contributed by atoms with van der Waals surface area (Å²) in [4.78, 5) is 2.30. The van der Waals surface area contributed by atoms with E-state index in [-0.39, 0.29) is 11.9 Å². The summed E-state index contributed by atoms with van der Waals surface area (Å²) in [5.74, 6) is 0.610. The topological polar surface area (TPSA) is 58.0 Å². The Labute approximate surface area is 145 Å². The molecule has 3 aromatic rings. The highest BCUT2D eigenvalue weighted by molar-refractivity contribution is 5.64. The summed E-state index contributed by atoms with van der Waals surface area (Å²) < 4.78 is 19.6. The second-order valence-corrected chi connectivity index (χ2v) is 6.64. The van der Waals surface area contributed by atoms with Gasteiger partial charge in [-0.2, -0.15) is 5.10 Å². The van der Waals surface area contributed by atoms with Crippen LogP contribution in [-0.4, -0.2) is 26.8 Å². The van der Waals surface area contributed by atoms with Crippen LogP contribution in [0.1, 0.15) is 41.4 Å². The Bertz CT molecular complexity index is 885. The fraction of sp³-hybridized carbons (Fsp3) is 0.368. The van der Waals surface area contributed by atoms with Crippen molar-refractivity contribution in [1.82, 2.24) is 20.3 Å². The monoisotopic (exact) mass is 340 g/mol. The Morgan fingerprint density at radius 3 is 2.92 bits per heavy atom. The second kappa shape index (κ2) is 6.44. The van der Waals surface area contributed by atoms with Crippen LogP contribution in [-0.2, 0) is 6.54 Å². The Morgan fingerprint density at radius 1 is 1.32 bits per heavy atom. The summed E-state index contributed by atoms with van der Waals surface area (Å²) in [5.41, 5.74) is 4.61. The van der Waals surface area contributed by atoms with Gasteiger partial charge in [-0.3, -0.25) is 10.00 Å². The predicted molar refractivity (Wildman–Crippen MR) is 92.3 cm³/mol. The van der Waals surface area contributed by atoms with Crippen LogP contribution in [0.15, 0.2) is 35.0 Å². The van der Waals surface area contributed by atoms with Gasteiger partial charge in [-0.25, -0.2) is 4.39 Å². The number of rotatable bonds is 4. The van der Waals surface area contributed by atoms with Crippen molar-refractivity contribution < 1.29 is 8.91 Å². The van der Waals surface area contributed by atoms with E-state index < -0.39 is 0 Å². The second-order valence-electron chi connectivity index (χ2n) is 6.64. The normalized spacial score (nSPS) is 18.1. The number of hydrogen-bond donors (Lipinski definition) is 1. The fourth-order valence-electron chi connectivity index (χ4n) is 3.59. The summed E-state index contributed by atoms with van der Waals surface area (Å²) in [6.45, 7) is 5.46. The van der Waals surface area contributed by atoms with Crippen molar-refractivity contribution in [2.75, 3.05) is 6.54 Å². The van der Waals surface area contributed by atoms with Gasteiger partial charge in [0.15, 0.2) is 5.76 Å². The molecule has 1 aromatic carbocycles. The number of hydrogen-bond acceptors (Lipinski definition) is 4. The van der Waals surface area contributed by atoms with Crippen molar-refractivity contribution in [3.8, 4) is 11.3 Å². The van der Waals surface area contributed by atoms with Crippen molar-refractivity contribution in [2.24, 2.45) is 0 Å². The van der Waals surface area contributed by atoms with E-state index in [4.69, 9.17) is 4.52 Å². The summed E-state index contributed by atoms with van der Waals surface area (Å²) in [6.07, 6.45) is 3.88. The Hall–Kier alpha value is -2.47. The van der Waals surface area contributed by atoms with E-state index in [9.17, 15) is 4.39 Å². The van der Waals surface area contributed by atoms with Crippen LogP contribution in [0.3, 0.4) is 0 Å². The number of aromatic nitrogens is 3. The van der Waals surface area contributed by atoms with Gasteiger partial charge in [0.1, 0.15) is 5.82 Å². The minimum Gasteiger partial charge on any atom is -0.356 e. The molecule has 2 aromatic heterocycles. The Balaban J connectivity index is 1.65. The van der Waals surface area contributed by atoms with Gasteiger partial charge in [-0.15, -0.1) is 0 Å². The Morgan fingerprint density at radius 2 is 2.16 bits per heavy atom. The molecule has 1 saturated heterocycles. The van der Waals surface area contributed by atoms with E-state index in [1.165, 1.54) is 6.07 Å². The standard InChI is InChI=1S/C19H21FN4O/c1-12-13(2)23-25-19(12)15-10-21-22-18(15)17-8-5-9-24(17)11-14-6-3-4-7-16(14)20/h3-4,6-7,10,17H,5,8-9,11H2,1-2H3,(H,21,22). The highest BCUT2D eigenvalue weighted by Gasteiger charge is 2.31. The maximum atomic E-state index is 14.0. The molecule has 4 rings (SSSR count). The van der Waals surface area contributed by atoms with Crippen LogP contribution >= 0.6 is 0 Å². The number of H-pyrrole nitrogens is 1. The molecule has 1 aliphatic heterocycles. The number of likely N-dealkylation sites (tertiary alicyclic amines) is 1. The average Bonchev–Trinajstić information content (AvgIpc) is 3.31. The van der Waals surface area contributed by atoms with Crippen LogP contribution in [0.2, 0.25) is 0 Å². The SMILES string of the molecule is Cc1noc(-c2cn[nH]c2C2CCCN2Cc2ccccc2F)c1C. The minimum atomic E-state index is -0.153. The third-order valence-corrected chi connectivity index (χ3v) is 5.10. The van der Waals surface area contributed by atoms with Crippen LogP contribution in [0.5, 0.6) is 0 Å². The fourth-order valence-corrected chi connectivity index (χ4v) is 3.59. The van der Waals surface area contributed by atoms with Gasteiger partial charge in [0.2, 0.25) is 0 Å². The number of halogens is 1. The molecule has 1 aliphatic rings. The molecule has 25 heavy (non-hydrogen) atoms. The van der Waals surface area contributed by atoms with Crippen molar-refractivity contribution in [3.63, 3.8) is 0 Å². The molecule has 3 heterocycles. The van der Waals surface area contributed by atoms with Crippen molar-refractivity contribution >= 4 is 0 Å². The first kappa shape index (κ1) is 16.0. The maximum Gasteiger partial charge on any atom is 0.173 e. The predicted octanol–water partition coefficient (Wildman–Crippen LogP) is 4.16. The van der Waals surface area contributed by atoms with Gasteiger partial charge < -0.3 is 4.52 Å². The molecule has 0 radical (unpaired) electrons. The lowest BCUT2D eigenvalue weighted by atomic mass is 10.0. The van der Waals surface area contributed by atoms with Crippen molar-refractivity contribution in [1.29, 1.82) is 0 Å². The molecule has 0 bridgehead atoms. The molecule has 6 heteroatoms. The smallest absolute Gasteiger partial charge is 0.173 e. The largest absolute Gasteiger partial charge is 0.356 e. The van der Waals surface area contributed by atoms with Gasteiger partial charge >= 0.3 is 0 Å². The first-order valence-corrected chi connectivity index (χ1v) is 8.59. The van der Waals surface area contributed by atoms with Gasteiger partial charge in [0.05, 0.1) is 29.2 Å². The van der Waals surface area contributed by atoms with Crippen LogP contribution < -0.4 is 0 Å². The van der Waals surface area contributed by atoms with E-state index in [2.05, 4.69) is 20.3 Å². The number of nitrogens with zero attached hydrogens (tertiary/aromatic N) is 3. The first-order valence-electron chi connectivity index (χ1n) is 8.59. The molecule has 0 spiro atoms. The summed E-state index contributed by atoms with van der Waals surface area (Å²) >= 11 is 0. The number of aryl methyl sites for hydroxylation is 1. The molecular formula is C19H21FN4O. The number of nitrogens with one attached hydrogen (secondary N) is 1. The number of aromatic amines is 1. The zero-order valence-corrected chi connectivity index (χ0v) is 14.4. The molecule has 130 valence electrons. The van der Waals surface area contributed by atoms with E-state index in [1.807, 2.05) is 26.0 Å². The highest BCUT2D eigenvalue weighted by Crippen LogP contribution is 2.38. The number of benzene rings is 1. The van der Waals surface area contributed by atoms with Gasteiger partial charge in [-0.1, -0.05) is 23.4 Å². The lowest BCUT2D eigenvalue weighted by Crippen LogP contribution is -2.24. The van der Waals surface area contributed by atoms with Crippen LogP contribution in [0, 0.1) is 19.7 Å². The summed E-state index contributed by atoms with van der Waals surface area (Å²) in [7, 11) is 0. The maximum absolute atomic E-state index is 14.0. The lowest BCUT2D eigenvalue weighted by molar-refractivity contribution is 0.241. The first-order chi connectivity index (χ1) is 12.1. The molecule has 0 amide bonds. The molecule has 0 saturated carbocycles. The van der Waals surface area contributed by atoms with E-state index in [1.54, 1.807) is 12.3 Å². The van der Waals surface area contributed by atoms with Crippen molar-refractivity contribution in [3.05, 3.63) is 58.8 Å². The van der Waals surface area contributed by atoms with Crippen LogP contribution in [0.25, 0.3) is 11.3 Å². The molecule has 1 atom stereocenters. The molecule has 1 unspecified atom stereocenters. The van der Waals surface area contributed by atoms with Gasteiger partial charge in [-0.05, 0) is 39.3 Å². The zero-order chi connectivity index (χ0) is 17.4. The zero-order valence-electron chi connectivity index (χ0n) is 14.4. The molecular weight excluding hydrogens is 319 g/mol. The molecule has 5 nitrogen and oxygen atoms in total. The van der Waals surface area contributed by atoms with E-state index in [0.717, 1.165) is 53.2 Å². The molecule has 1 fully saturated rings. The highest BCUT2D eigenvalue weighted by atomic mass is 19.1. The quantitative estimate of drug-likeness (QED) is 0.775. The lowest BCUT2D eigenvalue weighted by Gasteiger charge is -2.24. The summed E-state index contributed by atoms with van der Waals surface area (Å²) in [5, 5.41) is 11.4. The molecule has 0 aliphatic carbocycles. The third kappa shape index (κ3) is 2.87. The Kier molecular flexibility index (Phi) is 4.13. The van der Waals surface area contributed by atoms with Gasteiger partial charge in [0.25, 0.3) is 0 Å². The minimum absolute atomic E-state index is 0.153.